The zero-order valence-electron chi connectivity index (χ0n) is 11.1. The number of hydrogen-bond acceptors (Lipinski definition) is 3. The zero-order valence-corrected chi connectivity index (χ0v) is 11.8. The van der Waals surface area contributed by atoms with Crippen LogP contribution < -0.4 is 11.1 Å². The highest BCUT2D eigenvalue weighted by molar-refractivity contribution is 6.33. The third kappa shape index (κ3) is 3.86. The van der Waals surface area contributed by atoms with Gasteiger partial charge in [0.25, 0.3) is 5.91 Å². The Kier molecular flexibility index (Phi) is 5.63. The smallest absolute Gasteiger partial charge is 0.256 e. The van der Waals surface area contributed by atoms with Gasteiger partial charge in [-0.2, -0.15) is 0 Å². The Hall–Kier alpha value is -1.75. The van der Waals surface area contributed by atoms with Crippen molar-refractivity contribution in [1.29, 1.82) is 0 Å². The molecular weight excluding hydrogens is 266 g/mol. The van der Waals surface area contributed by atoms with Crippen LogP contribution in [0.15, 0.2) is 18.2 Å². The highest BCUT2D eigenvalue weighted by Gasteiger charge is 2.20. The first kappa shape index (κ1) is 15.3. The van der Waals surface area contributed by atoms with Crippen molar-refractivity contribution < 1.29 is 9.59 Å². The van der Waals surface area contributed by atoms with Gasteiger partial charge in [0.2, 0.25) is 5.91 Å². The molecule has 1 aromatic rings. The molecule has 2 amide bonds. The number of likely N-dealkylation sites (N-methyl/N-ethyl adjacent to an activating group) is 1. The van der Waals surface area contributed by atoms with Gasteiger partial charge < -0.3 is 16.0 Å². The largest absolute Gasteiger partial charge is 0.397 e. The minimum Gasteiger partial charge on any atom is -0.397 e. The second-order valence-electron chi connectivity index (χ2n) is 4.10. The second kappa shape index (κ2) is 6.99. The molecule has 6 heteroatoms. The molecule has 104 valence electrons. The van der Waals surface area contributed by atoms with Crippen molar-refractivity contribution in [2.24, 2.45) is 0 Å². The number of anilines is 1. The van der Waals surface area contributed by atoms with Gasteiger partial charge in [-0.3, -0.25) is 9.59 Å². The fraction of sp³-hybridized carbons (Fsp3) is 0.385. The lowest BCUT2D eigenvalue weighted by atomic mass is 10.1. The summed E-state index contributed by atoms with van der Waals surface area (Å²) in [7, 11) is 1.53. The van der Waals surface area contributed by atoms with Gasteiger partial charge in [0.05, 0.1) is 22.8 Å². The molecule has 0 fully saturated rings. The summed E-state index contributed by atoms with van der Waals surface area (Å²) in [5, 5.41) is 2.83. The van der Waals surface area contributed by atoms with Crippen LogP contribution >= 0.6 is 11.6 Å². The predicted octanol–water partition coefficient (Wildman–Crippen LogP) is 1.52. The SMILES string of the molecule is CCCN(CC(=O)NC)C(=O)c1cccc(Cl)c1N. The van der Waals surface area contributed by atoms with E-state index < -0.39 is 0 Å². The number of para-hydroxylation sites is 1. The summed E-state index contributed by atoms with van der Waals surface area (Å²) in [5.74, 6) is -0.507. The van der Waals surface area contributed by atoms with Crippen molar-refractivity contribution in [3.8, 4) is 0 Å². The van der Waals surface area contributed by atoms with Gasteiger partial charge in [-0.15, -0.1) is 0 Å². The molecule has 0 bridgehead atoms. The Balaban J connectivity index is 2.98. The lowest BCUT2D eigenvalue weighted by Crippen LogP contribution is -2.40. The summed E-state index contributed by atoms with van der Waals surface area (Å²) in [5.41, 5.74) is 6.37. The molecule has 5 nitrogen and oxygen atoms in total. The Morgan fingerprint density at radius 2 is 2.11 bits per heavy atom. The molecule has 0 aliphatic heterocycles. The quantitative estimate of drug-likeness (QED) is 0.805. The summed E-state index contributed by atoms with van der Waals surface area (Å²) in [6.45, 7) is 2.43. The van der Waals surface area contributed by atoms with E-state index >= 15 is 0 Å². The standard InChI is InChI=1S/C13H18ClN3O2/c1-3-7-17(8-11(18)16-2)13(19)9-5-4-6-10(14)12(9)15/h4-6H,3,7-8,15H2,1-2H3,(H,16,18). The van der Waals surface area contributed by atoms with E-state index in [2.05, 4.69) is 5.32 Å². The summed E-state index contributed by atoms with van der Waals surface area (Å²) < 4.78 is 0. The molecule has 0 spiro atoms. The molecule has 0 unspecified atom stereocenters. The Morgan fingerprint density at radius 1 is 1.42 bits per heavy atom. The predicted molar refractivity (Wildman–Crippen MR) is 76.1 cm³/mol. The Morgan fingerprint density at radius 3 is 2.68 bits per heavy atom. The van der Waals surface area contributed by atoms with E-state index in [1.807, 2.05) is 6.92 Å². The topological polar surface area (TPSA) is 75.4 Å². The van der Waals surface area contributed by atoms with Crippen LogP contribution in [0.5, 0.6) is 0 Å². The van der Waals surface area contributed by atoms with Gasteiger partial charge in [-0.05, 0) is 18.6 Å². The van der Waals surface area contributed by atoms with Gasteiger partial charge in [0.1, 0.15) is 0 Å². The van der Waals surface area contributed by atoms with Crippen molar-refractivity contribution in [1.82, 2.24) is 10.2 Å². The number of nitrogens with zero attached hydrogens (tertiary/aromatic N) is 1. The van der Waals surface area contributed by atoms with Crippen molar-refractivity contribution in [2.45, 2.75) is 13.3 Å². The molecular formula is C13H18ClN3O2. The molecule has 19 heavy (non-hydrogen) atoms. The van der Waals surface area contributed by atoms with Crippen LogP contribution in [-0.4, -0.2) is 36.9 Å². The summed E-state index contributed by atoms with van der Waals surface area (Å²) in [6.07, 6.45) is 0.753. The normalized spacial score (nSPS) is 10.1. The number of nitrogen functional groups attached to an aromatic ring is 1. The van der Waals surface area contributed by atoms with Crippen LogP contribution in [0, 0.1) is 0 Å². The molecule has 3 N–H and O–H groups in total. The van der Waals surface area contributed by atoms with Crippen molar-refractivity contribution in [3.05, 3.63) is 28.8 Å². The Labute approximate surface area is 117 Å². The Bertz CT molecular complexity index is 477. The van der Waals surface area contributed by atoms with E-state index in [4.69, 9.17) is 17.3 Å². The molecule has 0 aromatic heterocycles. The third-order valence-electron chi connectivity index (χ3n) is 2.68. The van der Waals surface area contributed by atoms with Crippen LogP contribution in [-0.2, 0) is 4.79 Å². The number of halogens is 1. The first-order valence-corrected chi connectivity index (χ1v) is 6.42. The average Bonchev–Trinajstić information content (AvgIpc) is 2.40. The van der Waals surface area contributed by atoms with E-state index in [9.17, 15) is 9.59 Å². The maximum atomic E-state index is 12.4. The minimum absolute atomic E-state index is 0.00905. The highest BCUT2D eigenvalue weighted by atomic mass is 35.5. The molecule has 0 aliphatic rings. The van der Waals surface area contributed by atoms with Crippen molar-refractivity contribution in [2.75, 3.05) is 25.9 Å². The minimum atomic E-state index is -0.287. The average molecular weight is 284 g/mol. The van der Waals surface area contributed by atoms with E-state index in [1.54, 1.807) is 18.2 Å². The highest BCUT2D eigenvalue weighted by Crippen LogP contribution is 2.23. The van der Waals surface area contributed by atoms with Crippen LogP contribution in [0.4, 0.5) is 5.69 Å². The lowest BCUT2D eigenvalue weighted by molar-refractivity contribution is -0.121. The maximum Gasteiger partial charge on any atom is 0.256 e. The third-order valence-corrected chi connectivity index (χ3v) is 3.01. The van der Waals surface area contributed by atoms with Crippen molar-refractivity contribution >= 4 is 29.1 Å². The molecule has 1 aromatic carbocycles. The maximum absolute atomic E-state index is 12.4. The molecule has 0 aliphatic carbocycles. The summed E-state index contributed by atoms with van der Waals surface area (Å²) in [6, 6.07) is 4.89. The van der Waals surface area contributed by atoms with Gasteiger partial charge in [-0.25, -0.2) is 0 Å². The number of amides is 2. The van der Waals surface area contributed by atoms with Crippen LogP contribution in [0.1, 0.15) is 23.7 Å². The number of nitrogens with two attached hydrogens (primary N) is 1. The summed E-state index contributed by atoms with van der Waals surface area (Å²) in [4.78, 5) is 25.2. The first-order valence-electron chi connectivity index (χ1n) is 6.05. The lowest BCUT2D eigenvalue weighted by Gasteiger charge is -2.22. The first-order chi connectivity index (χ1) is 9.01. The van der Waals surface area contributed by atoms with Gasteiger partial charge in [-0.1, -0.05) is 24.6 Å². The van der Waals surface area contributed by atoms with E-state index in [0.29, 0.717) is 17.1 Å². The zero-order chi connectivity index (χ0) is 14.4. The van der Waals surface area contributed by atoms with E-state index in [-0.39, 0.29) is 24.0 Å². The number of nitrogens with one attached hydrogen (secondary N) is 1. The number of carbonyl (C=O) groups excluding carboxylic acids is 2. The summed E-state index contributed by atoms with van der Waals surface area (Å²) >= 11 is 5.90. The number of rotatable bonds is 5. The van der Waals surface area contributed by atoms with Gasteiger partial charge in [0, 0.05) is 13.6 Å². The number of hydrogen-bond donors (Lipinski definition) is 2. The molecule has 0 saturated carbocycles. The molecule has 0 saturated heterocycles. The fourth-order valence-electron chi connectivity index (χ4n) is 1.67. The van der Waals surface area contributed by atoms with Gasteiger partial charge >= 0.3 is 0 Å². The number of carbonyl (C=O) groups is 2. The molecule has 0 atom stereocenters. The van der Waals surface area contributed by atoms with E-state index in [1.165, 1.54) is 11.9 Å². The van der Waals surface area contributed by atoms with Crippen LogP contribution in [0.25, 0.3) is 0 Å². The van der Waals surface area contributed by atoms with Crippen molar-refractivity contribution in [3.63, 3.8) is 0 Å². The van der Waals surface area contributed by atoms with Crippen LogP contribution in [0.3, 0.4) is 0 Å². The number of benzene rings is 1. The van der Waals surface area contributed by atoms with Crippen LogP contribution in [0.2, 0.25) is 5.02 Å². The fourth-order valence-corrected chi connectivity index (χ4v) is 1.84. The monoisotopic (exact) mass is 283 g/mol. The molecule has 0 heterocycles. The molecule has 1 rings (SSSR count). The van der Waals surface area contributed by atoms with Gasteiger partial charge in [0.15, 0.2) is 0 Å². The second-order valence-corrected chi connectivity index (χ2v) is 4.51. The van der Waals surface area contributed by atoms with E-state index in [0.717, 1.165) is 6.42 Å². The molecule has 0 radical (unpaired) electrons.